The van der Waals surface area contributed by atoms with Crippen molar-refractivity contribution < 1.29 is 4.74 Å². The molecule has 0 aliphatic carbocycles. The van der Waals surface area contributed by atoms with Crippen LogP contribution >= 0.6 is 11.6 Å². The molecule has 1 fully saturated rings. The second-order valence-corrected chi connectivity index (χ2v) is 4.89. The van der Waals surface area contributed by atoms with Gasteiger partial charge in [0.25, 0.3) is 0 Å². The van der Waals surface area contributed by atoms with Gasteiger partial charge in [-0.3, -0.25) is 4.98 Å². The Morgan fingerprint density at radius 3 is 3.12 bits per heavy atom. The summed E-state index contributed by atoms with van der Waals surface area (Å²) in [7, 11) is 1.79. The molecule has 3 nitrogen and oxygen atoms in total. The highest BCUT2D eigenvalue weighted by Crippen LogP contribution is 2.25. The molecular weight excluding hydrogens is 236 g/mol. The van der Waals surface area contributed by atoms with Crippen molar-refractivity contribution in [2.45, 2.75) is 25.3 Å². The number of anilines is 1. The van der Waals surface area contributed by atoms with E-state index in [4.69, 9.17) is 16.3 Å². The predicted molar refractivity (Wildman–Crippen MR) is 70.6 cm³/mol. The van der Waals surface area contributed by atoms with Crippen molar-refractivity contribution in [3.63, 3.8) is 0 Å². The summed E-state index contributed by atoms with van der Waals surface area (Å²) in [4.78, 5) is 6.57. The first-order valence-electron chi connectivity index (χ1n) is 6.03. The number of piperidine rings is 1. The van der Waals surface area contributed by atoms with Gasteiger partial charge in [0.15, 0.2) is 0 Å². The molecule has 2 atom stereocenters. The van der Waals surface area contributed by atoms with Crippen LogP contribution in [0.15, 0.2) is 18.3 Å². The van der Waals surface area contributed by atoms with Gasteiger partial charge in [-0.25, -0.2) is 0 Å². The van der Waals surface area contributed by atoms with E-state index in [1.54, 1.807) is 7.11 Å². The highest BCUT2D eigenvalue weighted by molar-refractivity contribution is 6.16. The summed E-state index contributed by atoms with van der Waals surface area (Å²) in [5, 5.41) is 0. The molecule has 0 aromatic carbocycles. The molecule has 0 saturated carbocycles. The number of hydrogen-bond donors (Lipinski definition) is 0. The van der Waals surface area contributed by atoms with Gasteiger partial charge in [-0.1, -0.05) is 6.92 Å². The molecule has 0 spiro atoms. The fourth-order valence-electron chi connectivity index (χ4n) is 2.31. The predicted octanol–water partition coefficient (Wildman–Crippen LogP) is 2.68. The number of rotatable bonds is 3. The van der Waals surface area contributed by atoms with E-state index in [2.05, 4.69) is 22.9 Å². The van der Waals surface area contributed by atoms with Crippen molar-refractivity contribution in [2.24, 2.45) is 5.92 Å². The Hall–Kier alpha value is -0.800. The fraction of sp³-hybridized carbons (Fsp3) is 0.615. The van der Waals surface area contributed by atoms with Crippen LogP contribution in [0, 0.1) is 5.92 Å². The Balaban J connectivity index is 2.11. The minimum atomic E-state index is 0.316. The third-order valence-electron chi connectivity index (χ3n) is 3.49. The van der Waals surface area contributed by atoms with E-state index in [0.29, 0.717) is 17.9 Å². The quantitative estimate of drug-likeness (QED) is 0.776. The van der Waals surface area contributed by atoms with Gasteiger partial charge in [-0.2, -0.15) is 0 Å². The minimum Gasteiger partial charge on any atom is -0.379 e. The molecule has 1 aliphatic rings. The molecule has 2 unspecified atom stereocenters. The van der Waals surface area contributed by atoms with Crippen molar-refractivity contribution in [1.29, 1.82) is 0 Å². The third kappa shape index (κ3) is 2.90. The van der Waals surface area contributed by atoms with E-state index in [-0.39, 0.29) is 0 Å². The van der Waals surface area contributed by atoms with E-state index in [1.807, 2.05) is 12.3 Å². The van der Waals surface area contributed by atoms with Crippen LogP contribution in [0.1, 0.15) is 19.0 Å². The van der Waals surface area contributed by atoms with E-state index in [1.165, 1.54) is 5.69 Å². The number of alkyl halides is 1. The summed E-state index contributed by atoms with van der Waals surface area (Å²) in [6.45, 7) is 4.28. The van der Waals surface area contributed by atoms with E-state index in [0.717, 1.165) is 25.2 Å². The normalized spacial score (nSPS) is 25.0. The largest absolute Gasteiger partial charge is 0.379 e. The monoisotopic (exact) mass is 254 g/mol. The lowest BCUT2D eigenvalue weighted by atomic mass is 9.95. The van der Waals surface area contributed by atoms with Crippen LogP contribution in [0.25, 0.3) is 0 Å². The van der Waals surface area contributed by atoms with Crippen LogP contribution in [0.3, 0.4) is 0 Å². The van der Waals surface area contributed by atoms with Gasteiger partial charge in [0.2, 0.25) is 0 Å². The van der Waals surface area contributed by atoms with Crippen molar-refractivity contribution >= 4 is 17.3 Å². The molecule has 0 radical (unpaired) electrons. The number of pyridine rings is 1. The van der Waals surface area contributed by atoms with Gasteiger partial charge >= 0.3 is 0 Å². The van der Waals surface area contributed by atoms with E-state index >= 15 is 0 Å². The molecule has 1 saturated heterocycles. The average Bonchev–Trinajstić information content (AvgIpc) is 2.39. The van der Waals surface area contributed by atoms with Gasteiger partial charge in [-0.05, 0) is 24.5 Å². The second kappa shape index (κ2) is 5.69. The molecule has 0 bridgehead atoms. The first kappa shape index (κ1) is 12.7. The molecule has 1 aliphatic heterocycles. The molecule has 1 aromatic heterocycles. The standard InChI is InChI=1S/C13H19ClN2O/c1-10-4-6-16(9-13(10)17-2)12-3-5-15-11(7-12)8-14/h3,5,7,10,13H,4,6,8-9H2,1-2H3. The Morgan fingerprint density at radius 2 is 2.41 bits per heavy atom. The molecule has 94 valence electrons. The third-order valence-corrected chi connectivity index (χ3v) is 3.77. The van der Waals surface area contributed by atoms with Crippen LogP contribution in [-0.4, -0.2) is 31.3 Å². The number of nitrogens with zero attached hydrogens (tertiary/aromatic N) is 2. The van der Waals surface area contributed by atoms with Gasteiger partial charge in [-0.15, -0.1) is 11.6 Å². The summed E-state index contributed by atoms with van der Waals surface area (Å²) in [5.41, 5.74) is 2.13. The maximum atomic E-state index is 5.81. The molecule has 0 amide bonds. The first-order valence-corrected chi connectivity index (χ1v) is 6.56. The van der Waals surface area contributed by atoms with Crippen LogP contribution in [0.4, 0.5) is 5.69 Å². The smallest absolute Gasteiger partial charge is 0.0772 e. The molecule has 17 heavy (non-hydrogen) atoms. The molecular formula is C13H19ClN2O. The lowest BCUT2D eigenvalue weighted by molar-refractivity contribution is 0.0498. The number of halogens is 1. The Kier molecular flexibility index (Phi) is 4.24. The zero-order valence-electron chi connectivity index (χ0n) is 10.4. The van der Waals surface area contributed by atoms with E-state index in [9.17, 15) is 0 Å². The zero-order chi connectivity index (χ0) is 12.3. The van der Waals surface area contributed by atoms with Crippen molar-refractivity contribution in [3.05, 3.63) is 24.0 Å². The minimum absolute atomic E-state index is 0.316. The summed E-state index contributed by atoms with van der Waals surface area (Å²) in [5.74, 6) is 1.09. The second-order valence-electron chi connectivity index (χ2n) is 4.63. The van der Waals surface area contributed by atoms with Crippen LogP contribution in [-0.2, 0) is 10.6 Å². The number of aromatic nitrogens is 1. The van der Waals surface area contributed by atoms with Crippen LogP contribution in [0.5, 0.6) is 0 Å². The van der Waals surface area contributed by atoms with Crippen LogP contribution < -0.4 is 4.90 Å². The van der Waals surface area contributed by atoms with Crippen molar-refractivity contribution in [3.8, 4) is 0 Å². The lowest BCUT2D eigenvalue weighted by Crippen LogP contribution is -2.43. The maximum absolute atomic E-state index is 5.81. The number of hydrogen-bond acceptors (Lipinski definition) is 3. The zero-order valence-corrected chi connectivity index (χ0v) is 11.2. The molecule has 2 heterocycles. The highest BCUT2D eigenvalue weighted by atomic mass is 35.5. The summed E-state index contributed by atoms with van der Waals surface area (Å²) in [6.07, 6.45) is 3.31. The van der Waals surface area contributed by atoms with Crippen molar-refractivity contribution in [2.75, 3.05) is 25.1 Å². The van der Waals surface area contributed by atoms with Gasteiger partial charge < -0.3 is 9.64 Å². The van der Waals surface area contributed by atoms with Crippen molar-refractivity contribution in [1.82, 2.24) is 4.98 Å². The van der Waals surface area contributed by atoms with E-state index < -0.39 is 0 Å². The van der Waals surface area contributed by atoms with Gasteiger partial charge in [0.05, 0.1) is 17.7 Å². The van der Waals surface area contributed by atoms with Crippen LogP contribution in [0.2, 0.25) is 0 Å². The summed E-state index contributed by atoms with van der Waals surface area (Å²) in [6, 6.07) is 4.11. The highest BCUT2D eigenvalue weighted by Gasteiger charge is 2.26. The summed E-state index contributed by atoms with van der Waals surface area (Å²) >= 11 is 5.81. The Bertz CT molecular complexity index is 372. The molecule has 1 aromatic rings. The first-order chi connectivity index (χ1) is 8.24. The average molecular weight is 255 g/mol. The molecule has 2 rings (SSSR count). The number of ether oxygens (including phenoxy) is 1. The molecule has 0 N–H and O–H groups in total. The Labute approximate surface area is 108 Å². The number of methoxy groups -OCH3 is 1. The van der Waals surface area contributed by atoms with Gasteiger partial charge in [0.1, 0.15) is 0 Å². The Morgan fingerprint density at radius 1 is 1.59 bits per heavy atom. The topological polar surface area (TPSA) is 25.4 Å². The van der Waals surface area contributed by atoms with Gasteiger partial charge in [0, 0.05) is 32.1 Å². The fourth-order valence-corrected chi connectivity index (χ4v) is 2.46. The molecule has 4 heteroatoms. The maximum Gasteiger partial charge on any atom is 0.0772 e. The summed E-state index contributed by atoms with van der Waals surface area (Å²) < 4.78 is 5.53. The SMILES string of the molecule is COC1CN(c2ccnc(CCl)c2)CCC1C. The lowest BCUT2D eigenvalue weighted by Gasteiger charge is -2.37.